The molecular formula is C11H17F3N4O2. The van der Waals surface area contributed by atoms with Gasteiger partial charge in [-0.15, -0.1) is 0 Å². The summed E-state index contributed by atoms with van der Waals surface area (Å²) in [6, 6.07) is 1.69. The molecule has 0 aliphatic carbocycles. The number of anilines is 2. The van der Waals surface area contributed by atoms with E-state index in [1.54, 1.807) is 0 Å². The molecule has 1 atom stereocenters. The van der Waals surface area contributed by atoms with Crippen LogP contribution in [0.25, 0.3) is 0 Å². The number of nitrogen functional groups attached to an aromatic ring is 1. The molecule has 0 radical (unpaired) electrons. The molecular weight excluding hydrogens is 277 g/mol. The van der Waals surface area contributed by atoms with Crippen LogP contribution < -0.4 is 16.6 Å². The molecule has 1 aromatic heterocycles. The minimum atomic E-state index is -4.49. The number of ether oxygens (including phenoxy) is 1. The zero-order valence-corrected chi connectivity index (χ0v) is 10.9. The summed E-state index contributed by atoms with van der Waals surface area (Å²) < 4.78 is 42.7. The van der Waals surface area contributed by atoms with Crippen LogP contribution in [-0.4, -0.2) is 36.5 Å². The monoisotopic (exact) mass is 294 g/mol. The van der Waals surface area contributed by atoms with Crippen molar-refractivity contribution in [1.82, 2.24) is 4.98 Å². The van der Waals surface area contributed by atoms with E-state index in [4.69, 9.17) is 10.6 Å². The van der Waals surface area contributed by atoms with Crippen molar-refractivity contribution in [3.8, 4) is 0 Å². The average molecular weight is 294 g/mol. The highest BCUT2D eigenvalue weighted by molar-refractivity contribution is 5.49. The Labute approximate surface area is 114 Å². The topological polar surface area (TPSA) is 92.4 Å². The Kier molecular flexibility index (Phi) is 5.99. The molecule has 0 bridgehead atoms. The second-order valence-corrected chi connectivity index (χ2v) is 4.09. The number of aromatic nitrogens is 1. The van der Waals surface area contributed by atoms with Crippen molar-refractivity contribution in [3.05, 3.63) is 17.7 Å². The molecule has 5 N–H and O–H groups in total. The minimum Gasteiger partial charge on any atom is -0.391 e. The second-order valence-electron chi connectivity index (χ2n) is 4.09. The number of nitrogens with two attached hydrogens (primary N) is 1. The van der Waals surface area contributed by atoms with Gasteiger partial charge in [0.05, 0.1) is 18.3 Å². The molecule has 0 spiro atoms. The Hall–Kier alpha value is -1.58. The molecule has 0 saturated carbocycles. The number of rotatable bonds is 7. The first kappa shape index (κ1) is 16.5. The summed E-state index contributed by atoms with van der Waals surface area (Å²) in [5, 5.41) is 12.1. The van der Waals surface area contributed by atoms with Gasteiger partial charge in [0, 0.05) is 13.7 Å². The molecule has 114 valence electrons. The van der Waals surface area contributed by atoms with Crippen LogP contribution in [0.2, 0.25) is 0 Å². The van der Waals surface area contributed by atoms with E-state index in [0.29, 0.717) is 6.42 Å². The van der Waals surface area contributed by atoms with Crippen molar-refractivity contribution in [2.24, 2.45) is 5.84 Å². The van der Waals surface area contributed by atoms with Crippen LogP contribution in [0.4, 0.5) is 24.8 Å². The molecule has 1 heterocycles. The van der Waals surface area contributed by atoms with E-state index < -0.39 is 17.8 Å². The van der Waals surface area contributed by atoms with Gasteiger partial charge in [0.1, 0.15) is 11.6 Å². The first-order valence-corrected chi connectivity index (χ1v) is 5.83. The van der Waals surface area contributed by atoms with Crippen molar-refractivity contribution in [2.75, 3.05) is 31.0 Å². The van der Waals surface area contributed by atoms with Gasteiger partial charge in [0.2, 0.25) is 0 Å². The predicted molar refractivity (Wildman–Crippen MR) is 68.0 cm³/mol. The largest absolute Gasteiger partial charge is 0.416 e. The smallest absolute Gasteiger partial charge is 0.391 e. The van der Waals surface area contributed by atoms with E-state index in [1.165, 1.54) is 7.11 Å². The molecule has 0 saturated heterocycles. The fourth-order valence-electron chi connectivity index (χ4n) is 1.50. The van der Waals surface area contributed by atoms with Crippen molar-refractivity contribution in [3.63, 3.8) is 0 Å². The molecule has 9 heteroatoms. The van der Waals surface area contributed by atoms with Crippen molar-refractivity contribution < 1.29 is 23.0 Å². The Morgan fingerprint density at radius 2 is 2.05 bits per heavy atom. The number of hydrogen-bond donors (Lipinski definition) is 4. The second kappa shape index (κ2) is 7.27. The van der Waals surface area contributed by atoms with Gasteiger partial charge < -0.3 is 20.6 Å². The normalized spacial score (nSPS) is 13.1. The standard InChI is InChI=1S/C11H17F3N4O2/c1-20-6-8(19)2-3-16-9-4-7(11(12,13)14)5-10(17-9)18-15/h4-5,8,19H,2-3,6,15H2,1H3,(H2,16,17,18). The maximum atomic E-state index is 12.7. The molecule has 20 heavy (non-hydrogen) atoms. The number of halogens is 3. The van der Waals surface area contributed by atoms with E-state index in [1.807, 2.05) is 0 Å². The van der Waals surface area contributed by atoms with Gasteiger partial charge in [0.15, 0.2) is 0 Å². The molecule has 0 amide bonds. The van der Waals surface area contributed by atoms with Gasteiger partial charge in [-0.2, -0.15) is 13.2 Å². The van der Waals surface area contributed by atoms with Crippen LogP contribution >= 0.6 is 0 Å². The van der Waals surface area contributed by atoms with Gasteiger partial charge >= 0.3 is 6.18 Å². The summed E-state index contributed by atoms with van der Waals surface area (Å²) in [5.74, 6) is 5.01. The highest BCUT2D eigenvalue weighted by atomic mass is 19.4. The van der Waals surface area contributed by atoms with Crippen LogP contribution in [0.5, 0.6) is 0 Å². The number of nitrogens with zero attached hydrogens (tertiary/aromatic N) is 1. The van der Waals surface area contributed by atoms with E-state index in [2.05, 4.69) is 15.7 Å². The number of nitrogens with one attached hydrogen (secondary N) is 2. The van der Waals surface area contributed by atoms with Gasteiger partial charge in [-0.3, -0.25) is 0 Å². The fourth-order valence-corrected chi connectivity index (χ4v) is 1.50. The lowest BCUT2D eigenvalue weighted by Crippen LogP contribution is -2.19. The summed E-state index contributed by atoms with van der Waals surface area (Å²) in [6.07, 6.45) is -4.86. The lowest BCUT2D eigenvalue weighted by Gasteiger charge is -2.13. The lowest BCUT2D eigenvalue weighted by molar-refractivity contribution is -0.137. The number of pyridine rings is 1. The van der Waals surface area contributed by atoms with Crippen LogP contribution in [0.3, 0.4) is 0 Å². The summed E-state index contributed by atoms with van der Waals surface area (Å²) in [6.45, 7) is 0.413. The Morgan fingerprint density at radius 3 is 2.60 bits per heavy atom. The van der Waals surface area contributed by atoms with Crippen LogP contribution in [0.1, 0.15) is 12.0 Å². The van der Waals surface area contributed by atoms with E-state index in [-0.39, 0.29) is 24.8 Å². The van der Waals surface area contributed by atoms with Crippen LogP contribution in [0, 0.1) is 0 Å². The van der Waals surface area contributed by atoms with Crippen LogP contribution in [-0.2, 0) is 10.9 Å². The summed E-state index contributed by atoms with van der Waals surface area (Å²) in [7, 11) is 1.45. The summed E-state index contributed by atoms with van der Waals surface area (Å²) in [5.41, 5.74) is 1.22. The molecule has 1 rings (SSSR count). The number of hydrogen-bond acceptors (Lipinski definition) is 6. The Bertz CT molecular complexity index is 429. The SMILES string of the molecule is COCC(O)CCNc1cc(C(F)(F)F)cc(NN)n1. The van der Waals surface area contributed by atoms with E-state index in [0.717, 1.165) is 12.1 Å². The molecule has 0 fully saturated rings. The fraction of sp³-hybridized carbons (Fsp3) is 0.545. The Balaban J connectivity index is 2.70. The molecule has 0 aliphatic heterocycles. The van der Waals surface area contributed by atoms with Crippen LogP contribution in [0.15, 0.2) is 12.1 Å². The number of methoxy groups -OCH3 is 1. The maximum absolute atomic E-state index is 12.7. The zero-order valence-electron chi connectivity index (χ0n) is 10.9. The van der Waals surface area contributed by atoms with E-state index in [9.17, 15) is 18.3 Å². The van der Waals surface area contributed by atoms with Crippen molar-refractivity contribution in [2.45, 2.75) is 18.7 Å². The van der Waals surface area contributed by atoms with Crippen molar-refractivity contribution >= 4 is 11.6 Å². The van der Waals surface area contributed by atoms with Gasteiger partial charge in [-0.1, -0.05) is 0 Å². The van der Waals surface area contributed by atoms with Gasteiger partial charge in [0.25, 0.3) is 0 Å². The zero-order chi connectivity index (χ0) is 15.2. The third kappa shape index (κ3) is 5.19. The van der Waals surface area contributed by atoms with Gasteiger partial charge in [-0.25, -0.2) is 10.8 Å². The highest BCUT2D eigenvalue weighted by Gasteiger charge is 2.31. The van der Waals surface area contributed by atoms with Gasteiger partial charge in [-0.05, 0) is 18.6 Å². The molecule has 0 aromatic carbocycles. The number of alkyl halides is 3. The summed E-state index contributed by atoms with van der Waals surface area (Å²) >= 11 is 0. The third-order valence-corrected chi connectivity index (χ3v) is 2.44. The quantitative estimate of drug-likeness (QED) is 0.446. The molecule has 0 aliphatic rings. The maximum Gasteiger partial charge on any atom is 0.416 e. The van der Waals surface area contributed by atoms with Crippen molar-refractivity contribution in [1.29, 1.82) is 0 Å². The molecule has 1 unspecified atom stereocenters. The lowest BCUT2D eigenvalue weighted by atomic mass is 10.2. The highest BCUT2D eigenvalue weighted by Crippen LogP contribution is 2.31. The number of aliphatic hydroxyl groups is 1. The third-order valence-electron chi connectivity index (χ3n) is 2.44. The minimum absolute atomic E-state index is 0.0254. The molecule has 1 aromatic rings. The first-order chi connectivity index (χ1) is 9.36. The predicted octanol–water partition coefficient (Wildman–Crippen LogP) is 1.20. The average Bonchev–Trinajstić information content (AvgIpc) is 2.37. The number of aliphatic hydroxyl groups excluding tert-OH is 1. The Morgan fingerprint density at radius 1 is 1.40 bits per heavy atom. The number of hydrazine groups is 1. The van der Waals surface area contributed by atoms with E-state index >= 15 is 0 Å². The summed E-state index contributed by atoms with van der Waals surface area (Å²) in [4.78, 5) is 3.85. The first-order valence-electron chi connectivity index (χ1n) is 5.83. The molecule has 6 nitrogen and oxygen atoms in total.